The molecule has 0 aromatic carbocycles. The second-order valence-corrected chi connectivity index (χ2v) is 1.42. The quantitative estimate of drug-likeness (QED) is 0.387. The van der Waals surface area contributed by atoms with Gasteiger partial charge in [0.2, 0.25) is 5.91 Å². The summed E-state index contributed by atoms with van der Waals surface area (Å²) in [7, 11) is 1.66. The minimum atomic E-state index is 0.0139. The SMILES string of the molecule is CN1[CH-]OCC1=O. The Morgan fingerprint density at radius 2 is 2.71 bits per heavy atom. The largest absolute Gasteiger partial charge is 0.525 e. The van der Waals surface area contributed by atoms with Crippen LogP contribution in [0.5, 0.6) is 0 Å². The molecule has 40 valence electrons. The van der Waals surface area contributed by atoms with Crippen molar-refractivity contribution in [3.8, 4) is 0 Å². The zero-order valence-electron chi connectivity index (χ0n) is 4.05. The predicted molar refractivity (Wildman–Crippen MR) is 23.0 cm³/mol. The van der Waals surface area contributed by atoms with E-state index in [9.17, 15) is 4.79 Å². The molecular formula is C4H6NO2-. The smallest absolute Gasteiger partial charge is 0.218 e. The summed E-state index contributed by atoms with van der Waals surface area (Å²) in [5, 5.41) is 0. The molecule has 0 saturated carbocycles. The van der Waals surface area contributed by atoms with E-state index in [1.807, 2.05) is 0 Å². The van der Waals surface area contributed by atoms with E-state index >= 15 is 0 Å². The molecule has 3 heteroatoms. The molecule has 0 aromatic heterocycles. The van der Waals surface area contributed by atoms with Gasteiger partial charge in [-0.05, 0) is 7.05 Å². The molecule has 1 heterocycles. The Kier molecular flexibility index (Phi) is 0.982. The van der Waals surface area contributed by atoms with E-state index in [0.29, 0.717) is 0 Å². The zero-order chi connectivity index (χ0) is 5.28. The number of rotatable bonds is 0. The summed E-state index contributed by atoms with van der Waals surface area (Å²) in [4.78, 5) is 11.8. The summed E-state index contributed by atoms with van der Waals surface area (Å²) in [6.07, 6.45) is 0. The fourth-order valence-corrected chi connectivity index (χ4v) is 0.381. The Bertz CT molecular complexity index is 91.7. The predicted octanol–water partition coefficient (Wildman–Crippen LogP) is -0.406. The second kappa shape index (κ2) is 1.50. The van der Waals surface area contributed by atoms with Crippen LogP contribution in [0.2, 0.25) is 0 Å². The summed E-state index contributed by atoms with van der Waals surface area (Å²) in [6.45, 7) is 1.61. The molecule has 0 N–H and O–H groups in total. The van der Waals surface area contributed by atoms with Crippen molar-refractivity contribution in [2.75, 3.05) is 13.7 Å². The van der Waals surface area contributed by atoms with Gasteiger partial charge in [-0.1, -0.05) is 0 Å². The summed E-state index contributed by atoms with van der Waals surface area (Å²) in [6, 6.07) is 0. The van der Waals surface area contributed by atoms with Crippen molar-refractivity contribution >= 4 is 5.91 Å². The number of hydrogen-bond acceptors (Lipinski definition) is 2. The van der Waals surface area contributed by atoms with Gasteiger partial charge in [0, 0.05) is 0 Å². The lowest BCUT2D eigenvalue weighted by atomic mass is 10.6. The molecule has 0 radical (unpaired) electrons. The molecule has 0 aliphatic carbocycles. The first-order valence-corrected chi connectivity index (χ1v) is 2.01. The molecular weight excluding hydrogens is 94.0 g/mol. The van der Waals surface area contributed by atoms with E-state index in [-0.39, 0.29) is 12.5 Å². The van der Waals surface area contributed by atoms with Crippen molar-refractivity contribution in [1.82, 2.24) is 4.90 Å². The molecule has 1 aliphatic heterocycles. The molecule has 0 spiro atoms. The average Bonchev–Trinajstić information content (AvgIpc) is 1.91. The molecule has 0 unspecified atom stereocenters. The lowest BCUT2D eigenvalue weighted by Gasteiger charge is -2.14. The summed E-state index contributed by atoms with van der Waals surface area (Å²) >= 11 is 0. The van der Waals surface area contributed by atoms with E-state index < -0.39 is 0 Å². The van der Waals surface area contributed by atoms with E-state index in [2.05, 4.69) is 4.74 Å². The van der Waals surface area contributed by atoms with Crippen LogP contribution < -0.4 is 0 Å². The maximum absolute atomic E-state index is 10.3. The molecule has 3 nitrogen and oxygen atoms in total. The number of amides is 1. The number of carbonyl (C=O) groups is 1. The topological polar surface area (TPSA) is 29.5 Å². The molecule has 1 aliphatic rings. The van der Waals surface area contributed by atoms with E-state index in [0.717, 1.165) is 0 Å². The van der Waals surface area contributed by atoms with Gasteiger partial charge in [-0.2, -0.15) is 0 Å². The van der Waals surface area contributed by atoms with E-state index in [1.165, 1.54) is 11.6 Å². The maximum atomic E-state index is 10.3. The molecule has 1 amide bonds. The summed E-state index contributed by atoms with van der Waals surface area (Å²) in [5.74, 6) is 0.0139. The first-order valence-electron chi connectivity index (χ1n) is 2.01. The van der Waals surface area contributed by atoms with Gasteiger partial charge in [-0.15, -0.1) is 6.73 Å². The van der Waals surface area contributed by atoms with Gasteiger partial charge in [-0.3, -0.25) is 4.79 Å². The van der Waals surface area contributed by atoms with Crippen molar-refractivity contribution in [1.29, 1.82) is 0 Å². The van der Waals surface area contributed by atoms with Gasteiger partial charge < -0.3 is 9.64 Å². The van der Waals surface area contributed by atoms with E-state index in [1.54, 1.807) is 7.05 Å². The molecule has 0 aromatic rings. The fourth-order valence-electron chi connectivity index (χ4n) is 0.381. The molecule has 0 atom stereocenters. The van der Waals surface area contributed by atoms with E-state index in [4.69, 9.17) is 0 Å². The third-order valence-corrected chi connectivity index (χ3v) is 0.833. The Hall–Kier alpha value is -0.570. The molecule has 7 heavy (non-hydrogen) atoms. The van der Waals surface area contributed by atoms with Crippen molar-refractivity contribution in [3.63, 3.8) is 0 Å². The molecule has 1 fully saturated rings. The Balaban J connectivity index is 2.48. The van der Waals surface area contributed by atoms with Gasteiger partial charge >= 0.3 is 0 Å². The van der Waals surface area contributed by atoms with Gasteiger partial charge in [0.25, 0.3) is 0 Å². The van der Waals surface area contributed by atoms with Crippen molar-refractivity contribution in [2.24, 2.45) is 0 Å². The van der Waals surface area contributed by atoms with Gasteiger partial charge in [0.15, 0.2) is 0 Å². The van der Waals surface area contributed by atoms with Gasteiger partial charge in [0.1, 0.15) is 0 Å². The van der Waals surface area contributed by atoms with Crippen LogP contribution in [0.15, 0.2) is 0 Å². The maximum Gasteiger partial charge on any atom is 0.218 e. The highest BCUT2D eigenvalue weighted by molar-refractivity contribution is 5.79. The Morgan fingerprint density at radius 1 is 2.00 bits per heavy atom. The zero-order valence-corrected chi connectivity index (χ0v) is 4.05. The van der Waals surface area contributed by atoms with Crippen LogP contribution in [0.4, 0.5) is 0 Å². The first kappa shape index (κ1) is 4.59. The standard InChI is InChI=1S/C4H6NO2/c1-5-3-7-2-4(5)6/h3H,2H2,1H3/q-1. The van der Waals surface area contributed by atoms with Gasteiger partial charge in [0.05, 0.1) is 6.61 Å². The number of ether oxygens (including phenoxy) is 1. The molecule has 1 saturated heterocycles. The van der Waals surface area contributed by atoms with Crippen molar-refractivity contribution in [3.05, 3.63) is 6.73 Å². The third kappa shape index (κ3) is 0.718. The highest BCUT2D eigenvalue weighted by Gasteiger charge is 2.04. The Morgan fingerprint density at radius 3 is 2.86 bits per heavy atom. The number of likely N-dealkylation sites (N-methyl/N-ethyl adjacent to an activating group) is 1. The van der Waals surface area contributed by atoms with Crippen LogP contribution in [-0.2, 0) is 9.53 Å². The van der Waals surface area contributed by atoms with Crippen LogP contribution in [0.25, 0.3) is 0 Å². The number of carbonyl (C=O) groups excluding carboxylic acids is 1. The second-order valence-electron chi connectivity index (χ2n) is 1.42. The summed E-state index contributed by atoms with van der Waals surface area (Å²) in [5.41, 5.74) is 0. The first-order chi connectivity index (χ1) is 3.30. The molecule has 1 rings (SSSR count). The normalized spacial score (nSPS) is 21.3. The highest BCUT2D eigenvalue weighted by atomic mass is 16.5. The minimum absolute atomic E-state index is 0.0139. The van der Waals surface area contributed by atoms with Crippen LogP contribution in [0, 0.1) is 6.73 Å². The number of hydrogen-bond donors (Lipinski definition) is 0. The van der Waals surface area contributed by atoms with Crippen molar-refractivity contribution < 1.29 is 9.53 Å². The lowest BCUT2D eigenvalue weighted by molar-refractivity contribution is -0.125. The lowest BCUT2D eigenvalue weighted by Crippen LogP contribution is -2.16. The fraction of sp³-hybridized carbons (Fsp3) is 0.500. The Labute approximate surface area is 41.9 Å². The summed E-state index contributed by atoms with van der Waals surface area (Å²) < 4.78 is 4.62. The van der Waals surface area contributed by atoms with Crippen molar-refractivity contribution in [2.45, 2.75) is 0 Å². The van der Waals surface area contributed by atoms with Crippen LogP contribution in [0.1, 0.15) is 0 Å². The average molecular weight is 100 g/mol. The van der Waals surface area contributed by atoms with Crippen LogP contribution in [-0.4, -0.2) is 24.5 Å². The third-order valence-electron chi connectivity index (χ3n) is 0.833. The highest BCUT2D eigenvalue weighted by Crippen LogP contribution is 1.99. The molecule has 0 bridgehead atoms. The number of nitrogens with zero attached hydrogens (tertiary/aromatic N) is 1. The minimum Gasteiger partial charge on any atom is -0.525 e. The monoisotopic (exact) mass is 100 g/mol. The van der Waals surface area contributed by atoms with Gasteiger partial charge in [-0.25, -0.2) is 0 Å². The van der Waals surface area contributed by atoms with Crippen LogP contribution >= 0.6 is 0 Å². The van der Waals surface area contributed by atoms with Crippen LogP contribution in [0.3, 0.4) is 0 Å².